The number of hydrogen-bond donors (Lipinski definition) is 2. The van der Waals surface area contributed by atoms with Crippen LogP contribution in [0, 0.1) is 17.0 Å². The van der Waals surface area contributed by atoms with Gasteiger partial charge in [0, 0.05) is 12.3 Å². The quantitative estimate of drug-likeness (QED) is 0.638. The highest BCUT2D eigenvalue weighted by molar-refractivity contribution is 5.93. The molecule has 0 atom stereocenters. The Morgan fingerprint density at radius 1 is 1.48 bits per heavy atom. The number of carboxylic acid groups (broad SMARTS) is 1. The summed E-state index contributed by atoms with van der Waals surface area (Å²) in [5.41, 5.74) is 0.817. The second-order valence-corrected chi connectivity index (χ2v) is 4.27. The van der Waals surface area contributed by atoms with E-state index in [4.69, 9.17) is 5.11 Å². The summed E-state index contributed by atoms with van der Waals surface area (Å²) in [6, 6.07) is 4.85. The van der Waals surface area contributed by atoms with Gasteiger partial charge in [0.25, 0.3) is 0 Å². The van der Waals surface area contributed by atoms with Gasteiger partial charge in [-0.15, -0.1) is 0 Å². The second-order valence-electron chi connectivity index (χ2n) is 4.27. The zero-order valence-electron chi connectivity index (χ0n) is 11.1. The molecule has 0 saturated heterocycles. The van der Waals surface area contributed by atoms with Crippen LogP contribution >= 0.6 is 0 Å². The van der Waals surface area contributed by atoms with Gasteiger partial charge in [0.1, 0.15) is 17.6 Å². The Morgan fingerprint density at radius 3 is 2.86 bits per heavy atom. The summed E-state index contributed by atoms with van der Waals surface area (Å²) in [6.45, 7) is 2.24. The number of carbonyl (C=O) groups is 1. The van der Waals surface area contributed by atoms with E-state index >= 15 is 0 Å². The average molecular weight is 288 g/mol. The van der Waals surface area contributed by atoms with Crippen LogP contribution in [0.4, 0.5) is 11.5 Å². The zero-order chi connectivity index (χ0) is 15.4. The average Bonchev–Trinajstić information content (AvgIpc) is 2.46. The molecule has 8 nitrogen and oxygen atoms in total. The lowest BCUT2D eigenvalue weighted by atomic mass is 10.2. The Hall–Kier alpha value is -3.03. The fraction of sp³-hybridized carbons (Fsp3) is 0.154. The van der Waals surface area contributed by atoms with Crippen LogP contribution in [0.2, 0.25) is 0 Å². The third-order valence-corrected chi connectivity index (χ3v) is 2.86. The van der Waals surface area contributed by atoms with Crippen molar-refractivity contribution in [2.75, 3.05) is 5.32 Å². The molecule has 0 aliphatic rings. The lowest BCUT2D eigenvalue weighted by Gasteiger charge is -2.08. The third-order valence-electron chi connectivity index (χ3n) is 2.86. The van der Waals surface area contributed by atoms with Gasteiger partial charge in [-0.3, -0.25) is 15.1 Å². The standard InChI is InChI=1S/C13H12N4O4/c1-8-3-2-4-14-10(8)6-15-12-5-9(13(18)19)11(7-16-12)17(20)21/h2-5,7H,6H2,1H3,(H,15,16)(H,18,19). The molecule has 0 radical (unpaired) electrons. The molecule has 2 aromatic rings. The second kappa shape index (κ2) is 5.95. The number of nitrogens with zero attached hydrogens (tertiary/aromatic N) is 3. The summed E-state index contributed by atoms with van der Waals surface area (Å²) in [5.74, 6) is -1.13. The predicted octanol–water partition coefficient (Wildman–Crippen LogP) is 2.00. The van der Waals surface area contributed by atoms with E-state index in [-0.39, 0.29) is 5.82 Å². The first-order chi connectivity index (χ1) is 9.99. The summed E-state index contributed by atoms with van der Waals surface area (Å²) in [7, 11) is 0. The first-order valence-corrected chi connectivity index (χ1v) is 6.01. The number of rotatable bonds is 5. The molecule has 2 N–H and O–H groups in total. The molecule has 0 spiro atoms. The van der Waals surface area contributed by atoms with Crippen molar-refractivity contribution < 1.29 is 14.8 Å². The molecule has 0 amide bonds. The maximum Gasteiger partial charge on any atom is 0.342 e. The summed E-state index contributed by atoms with van der Waals surface area (Å²) in [5, 5.41) is 22.6. The zero-order valence-corrected chi connectivity index (χ0v) is 11.1. The van der Waals surface area contributed by atoms with Crippen LogP contribution < -0.4 is 5.32 Å². The number of nitrogens with one attached hydrogen (secondary N) is 1. The van der Waals surface area contributed by atoms with Crippen LogP contribution in [0.5, 0.6) is 0 Å². The molecule has 2 aromatic heterocycles. The van der Waals surface area contributed by atoms with E-state index in [9.17, 15) is 14.9 Å². The lowest BCUT2D eigenvalue weighted by molar-refractivity contribution is -0.385. The van der Waals surface area contributed by atoms with E-state index in [0.717, 1.165) is 23.5 Å². The van der Waals surface area contributed by atoms with E-state index in [1.165, 1.54) is 0 Å². The Bertz CT molecular complexity index is 702. The maximum atomic E-state index is 11.0. The first-order valence-electron chi connectivity index (χ1n) is 6.01. The Balaban J connectivity index is 2.22. The number of aromatic nitrogens is 2. The van der Waals surface area contributed by atoms with Gasteiger partial charge in [0.05, 0.1) is 17.2 Å². The van der Waals surface area contributed by atoms with Crippen molar-refractivity contribution in [1.29, 1.82) is 0 Å². The first kappa shape index (κ1) is 14.4. The number of aryl methyl sites for hydroxylation is 1. The molecular weight excluding hydrogens is 276 g/mol. The monoisotopic (exact) mass is 288 g/mol. The predicted molar refractivity (Wildman–Crippen MR) is 74.2 cm³/mol. The number of pyridine rings is 2. The van der Waals surface area contributed by atoms with Crippen LogP contribution in [-0.2, 0) is 6.54 Å². The molecule has 0 fully saturated rings. The van der Waals surface area contributed by atoms with Crippen molar-refractivity contribution in [1.82, 2.24) is 9.97 Å². The van der Waals surface area contributed by atoms with Crippen LogP contribution in [0.1, 0.15) is 21.6 Å². The highest BCUT2D eigenvalue weighted by Crippen LogP contribution is 2.20. The third kappa shape index (κ3) is 3.30. The van der Waals surface area contributed by atoms with Crippen molar-refractivity contribution in [2.45, 2.75) is 13.5 Å². The Kier molecular flexibility index (Phi) is 4.07. The van der Waals surface area contributed by atoms with Crippen molar-refractivity contribution >= 4 is 17.5 Å². The molecule has 108 valence electrons. The Labute approximate surface area is 119 Å². The van der Waals surface area contributed by atoms with Gasteiger partial charge in [-0.25, -0.2) is 9.78 Å². The van der Waals surface area contributed by atoms with E-state index < -0.39 is 22.1 Å². The fourth-order valence-electron chi connectivity index (χ4n) is 1.74. The van der Waals surface area contributed by atoms with Crippen molar-refractivity contribution in [2.24, 2.45) is 0 Å². The lowest BCUT2D eigenvalue weighted by Crippen LogP contribution is -2.08. The number of anilines is 1. The summed E-state index contributed by atoms with van der Waals surface area (Å²) in [6.07, 6.45) is 2.58. The smallest absolute Gasteiger partial charge is 0.342 e. The van der Waals surface area contributed by atoms with Crippen LogP contribution in [0.25, 0.3) is 0 Å². The molecule has 8 heteroatoms. The van der Waals surface area contributed by atoms with Gasteiger partial charge < -0.3 is 10.4 Å². The summed E-state index contributed by atoms with van der Waals surface area (Å²) >= 11 is 0. The van der Waals surface area contributed by atoms with Crippen LogP contribution in [0.15, 0.2) is 30.6 Å². The molecular formula is C13H12N4O4. The molecule has 0 aromatic carbocycles. The van der Waals surface area contributed by atoms with Crippen molar-refractivity contribution in [3.63, 3.8) is 0 Å². The highest BCUT2D eigenvalue weighted by atomic mass is 16.6. The molecule has 2 rings (SSSR count). The van der Waals surface area contributed by atoms with Gasteiger partial charge >= 0.3 is 11.7 Å². The summed E-state index contributed by atoms with van der Waals surface area (Å²) in [4.78, 5) is 29.0. The topological polar surface area (TPSA) is 118 Å². The minimum atomic E-state index is -1.37. The Morgan fingerprint density at radius 2 is 2.24 bits per heavy atom. The van der Waals surface area contributed by atoms with Gasteiger partial charge in [-0.05, 0) is 18.6 Å². The maximum absolute atomic E-state index is 11.0. The van der Waals surface area contributed by atoms with Crippen LogP contribution in [-0.4, -0.2) is 26.0 Å². The largest absolute Gasteiger partial charge is 0.477 e. The van der Waals surface area contributed by atoms with Gasteiger partial charge in [0.2, 0.25) is 0 Å². The normalized spacial score (nSPS) is 10.1. The van der Waals surface area contributed by atoms with E-state index in [2.05, 4.69) is 15.3 Å². The van der Waals surface area contributed by atoms with Crippen LogP contribution in [0.3, 0.4) is 0 Å². The summed E-state index contributed by atoms with van der Waals surface area (Å²) < 4.78 is 0. The van der Waals surface area contributed by atoms with E-state index in [0.29, 0.717) is 6.54 Å². The van der Waals surface area contributed by atoms with Gasteiger partial charge in [-0.2, -0.15) is 0 Å². The molecule has 0 unspecified atom stereocenters. The molecule has 2 heterocycles. The minimum Gasteiger partial charge on any atom is -0.477 e. The fourth-order valence-corrected chi connectivity index (χ4v) is 1.74. The van der Waals surface area contributed by atoms with Gasteiger partial charge in [0.15, 0.2) is 0 Å². The number of nitro groups is 1. The van der Waals surface area contributed by atoms with Crippen molar-refractivity contribution in [3.8, 4) is 0 Å². The molecule has 21 heavy (non-hydrogen) atoms. The minimum absolute atomic E-state index is 0.239. The number of aromatic carboxylic acids is 1. The SMILES string of the molecule is Cc1cccnc1CNc1cc(C(=O)O)c([N+](=O)[O-])cn1. The molecule has 0 aliphatic carbocycles. The van der Waals surface area contributed by atoms with Crippen molar-refractivity contribution in [3.05, 3.63) is 57.5 Å². The number of hydrogen-bond acceptors (Lipinski definition) is 6. The van der Waals surface area contributed by atoms with Gasteiger partial charge in [-0.1, -0.05) is 6.07 Å². The molecule has 0 saturated carbocycles. The molecule has 0 aliphatic heterocycles. The molecule has 0 bridgehead atoms. The van der Waals surface area contributed by atoms with E-state index in [1.54, 1.807) is 6.20 Å². The number of carboxylic acids is 1. The van der Waals surface area contributed by atoms with E-state index in [1.807, 2.05) is 19.1 Å². The highest BCUT2D eigenvalue weighted by Gasteiger charge is 2.20.